The molecule has 1 aliphatic heterocycles. The van der Waals surface area contributed by atoms with E-state index >= 15 is 0 Å². The van der Waals surface area contributed by atoms with Crippen molar-refractivity contribution in [2.24, 2.45) is 5.92 Å². The maximum Gasteiger partial charge on any atom is 0.233 e. The van der Waals surface area contributed by atoms with Crippen LogP contribution in [-0.4, -0.2) is 65.2 Å². The summed E-state index contributed by atoms with van der Waals surface area (Å²) in [7, 11) is 0. The predicted molar refractivity (Wildman–Crippen MR) is 82.6 cm³/mol. The quantitative estimate of drug-likeness (QED) is 0.815. The van der Waals surface area contributed by atoms with Crippen LogP contribution >= 0.6 is 0 Å². The van der Waals surface area contributed by atoms with Crippen molar-refractivity contribution in [2.45, 2.75) is 26.2 Å². The highest BCUT2D eigenvalue weighted by Gasteiger charge is 2.30. The number of rotatable bonds is 5. The first kappa shape index (κ1) is 15.2. The number of carbonyl (C=O) groups is 1. The molecule has 1 aromatic heterocycles. The number of amides is 1. The van der Waals surface area contributed by atoms with Gasteiger partial charge in [0.25, 0.3) is 0 Å². The van der Waals surface area contributed by atoms with Crippen LogP contribution in [0.4, 0.5) is 0 Å². The second kappa shape index (κ2) is 7.05. The lowest BCUT2D eigenvalue weighted by Gasteiger charge is -2.38. The zero-order chi connectivity index (χ0) is 15.4. The van der Waals surface area contributed by atoms with E-state index in [0.29, 0.717) is 24.3 Å². The van der Waals surface area contributed by atoms with Crippen molar-refractivity contribution in [1.29, 1.82) is 0 Å². The number of hydrogen-bond donors (Lipinski definition) is 0. The molecular formula is C16H24N4O2. The average Bonchev–Trinajstić information content (AvgIpc) is 2.48. The number of aromatic nitrogens is 2. The van der Waals surface area contributed by atoms with Gasteiger partial charge in [0.05, 0.1) is 5.69 Å². The number of hydrogen-bond acceptors (Lipinski definition) is 5. The Balaban J connectivity index is 1.35. The van der Waals surface area contributed by atoms with Gasteiger partial charge in [-0.15, -0.1) is 5.10 Å². The molecule has 0 spiro atoms. The van der Waals surface area contributed by atoms with Crippen LogP contribution in [0.1, 0.15) is 25.0 Å². The lowest BCUT2D eigenvalue weighted by Crippen LogP contribution is -2.51. The number of piperazine rings is 1. The van der Waals surface area contributed by atoms with Crippen LogP contribution in [0, 0.1) is 12.8 Å². The molecule has 3 rings (SSSR count). The Morgan fingerprint density at radius 2 is 2.00 bits per heavy atom. The summed E-state index contributed by atoms with van der Waals surface area (Å²) >= 11 is 0. The monoisotopic (exact) mass is 304 g/mol. The third-order valence-electron chi connectivity index (χ3n) is 4.57. The molecule has 120 valence electrons. The molecule has 0 aromatic carbocycles. The molecular weight excluding hydrogens is 280 g/mol. The van der Waals surface area contributed by atoms with Gasteiger partial charge in [-0.1, -0.05) is 6.42 Å². The van der Waals surface area contributed by atoms with E-state index in [9.17, 15) is 4.79 Å². The Hall–Kier alpha value is -1.69. The highest BCUT2D eigenvalue weighted by molar-refractivity contribution is 5.79. The second-order valence-corrected chi connectivity index (χ2v) is 6.16. The van der Waals surface area contributed by atoms with Gasteiger partial charge in [-0.3, -0.25) is 9.69 Å². The van der Waals surface area contributed by atoms with Crippen LogP contribution in [0.2, 0.25) is 0 Å². The number of aryl methyl sites for hydroxylation is 1. The van der Waals surface area contributed by atoms with Gasteiger partial charge in [-0.05, 0) is 25.8 Å². The van der Waals surface area contributed by atoms with E-state index in [0.717, 1.165) is 51.3 Å². The van der Waals surface area contributed by atoms with Crippen LogP contribution in [0.25, 0.3) is 0 Å². The molecule has 1 aromatic rings. The Kier molecular flexibility index (Phi) is 4.87. The molecule has 0 radical (unpaired) electrons. The van der Waals surface area contributed by atoms with Crippen LogP contribution in [0.3, 0.4) is 0 Å². The fraction of sp³-hybridized carbons (Fsp3) is 0.688. The SMILES string of the molecule is Cc1ccc(OCCN2CCN(C(=O)C3CCC3)CC2)nn1. The van der Waals surface area contributed by atoms with E-state index in [1.807, 2.05) is 24.0 Å². The van der Waals surface area contributed by atoms with E-state index in [4.69, 9.17) is 4.74 Å². The first-order chi connectivity index (χ1) is 10.7. The standard InChI is InChI=1S/C16H24N4O2/c1-13-5-6-15(18-17-13)22-12-11-19-7-9-20(10-8-19)16(21)14-3-2-4-14/h5-6,14H,2-4,7-12H2,1H3. The van der Waals surface area contributed by atoms with E-state index in [1.54, 1.807) is 0 Å². The molecule has 6 nitrogen and oxygen atoms in total. The van der Waals surface area contributed by atoms with Crippen molar-refractivity contribution >= 4 is 5.91 Å². The molecule has 2 fully saturated rings. The number of nitrogens with zero attached hydrogens (tertiary/aromatic N) is 4. The summed E-state index contributed by atoms with van der Waals surface area (Å²) in [6.07, 6.45) is 3.39. The Morgan fingerprint density at radius 1 is 1.23 bits per heavy atom. The predicted octanol–water partition coefficient (Wildman–Crippen LogP) is 1.11. The molecule has 2 heterocycles. The van der Waals surface area contributed by atoms with Gasteiger partial charge in [0.15, 0.2) is 0 Å². The summed E-state index contributed by atoms with van der Waals surface area (Å²) in [6, 6.07) is 3.74. The van der Waals surface area contributed by atoms with Gasteiger partial charge in [0.1, 0.15) is 6.61 Å². The molecule has 0 bridgehead atoms. The Bertz CT molecular complexity index is 493. The van der Waals surface area contributed by atoms with E-state index in [-0.39, 0.29) is 0 Å². The summed E-state index contributed by atoms with van der Waals surface area (Å²) < 4.78 is 5.61. The molecule has 1 saturated carbocycles. The molecule has 2 aliphatic rings. The minimum absolute atomic E-state index is 0.315. The minimum atomic E-state index is 0.315. The smallest absolute Gasteiger partial charge is 0.233 e. The van der Waals surface area contributed by atoms with Gasteiger partial charge >= 0.3 is 0 Å². The molecule has 0 atom stereocenters. The van der Waals surface area contributed by atoms with Crippen LogP contribution in [0.15, 0.2) is 12.1 Å². The molecule has 22 heavy (non-hydrogen) atoms. The van der Waals surface area contributed by atoms with Crippen LogP contribution in [0.5, 0.6) is 5.88 Å². The first-order valence-electron chi connectivity index (χ1n) is 8.16. The maximum absolute atomic E-state index is 12.2. The highest BCUT2D eigenvalue weighted by atomic mass is 16.5. The fourth-order valence-corrected chi connectivity index (χ4v) is 2.85. The lowest BCUT2D eigenvalue weighted by molar-refractivity contribution is -0.140. The van der Waals surface area contributed by atoms with Crippen LogP contribution < -0.4 is 4.74 Å². The second-order valence-electron chi connectivity index (χ2n) is 6.16. The van der Waals surface area contributed by atoms with Crippen molar-refractivity contribution in [1.82, 2.24) is 20.0 Å². The van der Waals surface area contributed by atoms with Gasteiger partial charge in [-0.2, -0.15) is 5.10 Å². The molecule has 0 N–H and O–H groups in total. The highest BCUT2D eigenvalue weighted by Crippen LogP contribution is 2.28. The molecule has 1 saturated heterocycles. The largest absolute Gasteiger partial charge is 0.475 e. The van der Waals surface area contributed by atoms with Gasteiger partial charge < -0.3 is 9.64 Å². The molecule has 0 unspecified atom stereocenters. The van der Waals surface area contributed by atoms with Crippen molar-refractivity contribution < 1.29 is 9.53 Å². The topological polar surface area (TPSA) is 58.6 Å². The summed E-state index contributed by atoms with van der Waals surface area (Å²) in [6.45, 7) is 6.93. The van der Waals surface area contributed by atoms with Gasteiger partial charge in [-0.25, -0.2) is 0 Å². The molecule has 1 aliphatic carbocycles. The van der Waals surface area contributed by atoms with Crippen LogP contribution in [-0.2, 0) is 4.79 Å². The van der Waals surface area contributed by atoms with Crippen molar-refractivity contribution in [3.05, 3.63) is 17.8 Å². The number of ether oxygens (including phenoxy) is 1. The Labute approximate surface area is 131 Å². The lowest BCUT2D eigenvalue weighted by atomic mass is 9.84. The fourth-order valence-electron chi connectivity index (χ4n) is 2.85. The van der Waals surface area contributed by atoms with E-state index in [2.05, 4.69) is 15.1 Å². The Morgan fingerprint density at radius 3 is 2.59 bits per heavy atom. The first-order valence-corrected chi connectivity index (χ1v) is 8.16. The van der Waals surface area contributed by atoms with Gasteiger partial charge in [0, 0.05) is 44.7 Å². The normalized spacial score (nSPS) is 19.8. The van der Waals surface area contributed by atoms with Gasteiger partial charge in [0.2, 0.25) is 11.8 Å². The average molecular weight is 304 g/mol. The summed E-state index contributed by atoms with van der Waals surface area (Å²) in [5, 5.41) is 7.96. The summed E-state index contributed by atoms with van der Waals surface area (Å²) in [4.78, 5) is 16.6. The zero-order valence-electron chi connectivity index (χ0n) is 13.2. The molecule has 6 heteroatoms. The zero-order valence-corrected chi connectivity index (χ0v) is 13.2. The summed E-state index contributed by atoms with van der Waals surface area (Å²) in [5.41, 5.74) is 0.889. The minimum Gasteiger partial charge on any atom is -0.475 e. The third kappa shape index (κ3) is 3.74. The molecule has 1 amide bonds. The van der Waals surface area contributed by atoms with E-state index in [1.165, 1.54) is 6.42 Å². The third-order valence-corrected chi connectivity index (χ3v) is 4.57. The van der Waals surface area contributed by atoms with Crippen molar-refractivity contribution in [3.63, 3.8) is 0 Å². The van der Waals surface area contributed by atoms with E-state index < -0.39 is 0 Å². The number of carbonyl (C=O) groups excluding carboxylic acids is 1. The van der Waals surface area contributed by atoms with Crippen molar-refractivity contribution in [2.75, 3.05) is 39.3 Å². The maximum atomic E-state index is 12.2. The van der Waals surface area contributed by atoms with Crippen molar-refractivity contribution in [3.8, 4) is 5.88 Å². The summed E-state index contributed by atoms with van der Waals surface area (Å²) in [5.74, 6) is 1.26.